The predicted octanol–water partition coefficient (Wildman–Crippen LogP) is 3.86. The standard InChI is InChI=1S/C15H16BrClN2O/c1-20-13-5-6-14(16)11(8-13)9-15(19-18)10-3-2-4-12(17)7-10/h2-8,15,19H,9,18H2,1H3. The molecule has 2 aromatic carbocycles. The molecule has 0 aliphatic carbocycles. The fourth-order valence-electron chi connectivity index (χ4n) is 2.05. The molecule has 0 radical (unpaired) electrons. The number of rotatable bonds is 5. The zero-order valence-electron chi connectivity index (χ0n) is 11.1. The van der Waals surface area contributed by atoms with E-state index in [1.165, 1.54) is 0 Å². The third kappa shape index (κ3) is 3.73. The highest BCUT2D eigenvalue weighted by Crippen LogP contribution is 2.28. The summed E-state index contributed by atoms with van der Waals surface area (Å²) in [7, 11) is 1.66. The summed E-state index contributed by atoms with van der Waals surface area (Å²) >= 11 is 9.58. The predicted molar refractivity (Wildman–Crippen MR) is 85.9 cm³/mol. The molecule has 1 atom stereocenters. The largest absolute Gasteiger partial charge is 0.497 e. The Balaban J connectivity index is 2.26. The van der Waals surface area contributed by atoms with Gasteiger partial charge in [0.05, 0.1) is 13.2 Å². The van der Waals surface area contributed by atoms with Crippen molar-refractivity contribution in [2.24, 2.45) is 5.84 Å². The first-order valence-corrected chi connectivity index (χ1v) is 7.35. The minimum atomic E-state index is -0.0166. The molecular weight excluding hydrogens is 340 g/mol. The summed E-state index contributed by atoms with van der Waals surface area (Å²) in [5.74, 6) is 6.51. The van der Waals surface area contributed by atoms with E-state index in [9.17, 15) is 0 Å². The number of methoxy groups -OCH3 is 1. The molecule has 3 N–H and O–H groups in total. The molecule has 1 unspecified atom stereocenters. The average molecular weight is 356 g/mol. The second-order valence-electron chi connectivity index (χ2n) is 4.44. The third-order valence-corrected chi connectivity index (χ3v) is 4.14. The van der Waals surface area contributed by atoms with Gasteiger partial charge in [-0.3, -0.25) is 11.3 Å². The first-order valence-electron chi connectivity index (χ1n) is 6.18. The first kappa shape index (κ1) is 15.3. The van der Waals surface area contributed by atoms with Gasteiger partial charge >= 0.3 is 0 Å². The quantitative estimate of drug-likeness (QED) is 0.632. The number of hydrogen-bond acceptors (Lipinski definition) is 3. The first-order chi connectivity index (χ1) is 9.63. The smallest absolute Gasteiger partial charge is 0.119 e. The fourth-order valence-corrected chi connectivity index (χ4v) is 2.66. The molecule has 0 aliphatic heterocycles. The van der Waals surface area contributed by atoms with Crippen molar-refractivity contribution in [3.63, 3.8) is 0 Å². The van der Waals surface area contributed by atoms with E-state index in [-0.39, 0.29) is 6.04 Å². The maximum absolute atomic E-state index is 6.03. The van der Waals surface area contributed by atoms with E-state index < -0.39 is 0 Å². The number of hydrogen-bond donors (Lipinski definition) is 2. The van der Waals surface area contributed by atoms with Crippen LogP contribution in [0, 0.1) is 0 Å². The molecule has 5 heteroatoms. The monoisotopic (exact) mass is 354 g/mol. The van der Waals surface area contributed by atoms with Crippen LogP contribution < -0.4 is 16.0 Å². The van der Waals surface area contributed by atoms with Gasteiger partial charge in [0, 0.05) is 9.50 Å². The van der Waals surface area contributed by atoms with Crippen molar-refractivity contribution >= 4 is 27.5 Å². The molecule has 0 amide bonds. The minimum absolute atomic E-state index is 0.0166. The highest BCUT2D eigenvalue weighted by atomic mass is 79.9. The summed E-state index contributed by atoms with van der Waals surface area (Å²) in [5, 5.41) is 0.701. The van der Waals surface area contributed by atoms with Crippen molar-refractivity contribution in [1.82, 2.24) is 5.43 Å². The molecule has 0 aliphatic rings. The molecule has 0 bridgehead atoms. The number of nitrogens with two attached hydrogens (primary N) is 1. The number of halogens is 2. The molecule has 3 nitrogen and oxygen atoms in total. The van der Waals surface area contributed by atoms with E-state index in [4.69, 9.17) is 22.2 Å². The van der Waals surface area contributed by atoms with Crippen molar-refractivity contribution in [2.45, 2.75) is 12.5 Å². The summed E-state index contributed by atoms with van der Waals surface area (Å²) in [6, 6.07) is 13.6. The van der Waals surface area contributed by atoms with Gasteiger partial charge in [-0.15, -0.1) is 0 Å². The lowest BCUT2D eigenvalue weighted by Crippen LogP contribution is -2.29. The second kappa shape index (κ2) is 7.09. The van der Waals surface area contributed by atoms with Crippen LogP contribution in [0.3, 0.4) is 0 Å². The van der Waals surface area contributed by atoms with Gasteiger partial charge in [-0.1, -0.05) is 39.7 Å². The van der Waals surface area contributed by atoms with Crippen molar-refractivity contribution < 1.29 is 4.74 Å². The number of benzene rings is 2. The summed E-state index contributed by atoms with van der Waals surface area (Å²) in [4.78, 5) is 0. The van der Waals surface area contributed by atoms with Crippen LogP contribution in [-0.4, -0.2) is 7.11 Å². The molecule has 0 fully saturated rings. The Labute approximate surface area is 132 Å². The van der Waals surface area contributed by atoms with Gasteiger partial charge in [-0.25, -0.2) is 0 Å². The molecule has 0 saturated carbocycles. The van der Waals surface area contributed by atoms with Crippen LogP contribution in [0.25, 0.3) is 0 Å². The van der Waals surface area contributed by atoms with Crippen molar-refractivity contribution in [3.05, 3.63) is 63.1 Å². The van der Waals surface area contributed by atoms with Gasteiger partial charge in [0.1, 0.15) is 5.75 Å². The number of ether oxygens (including phenoxy) is 1. The summed E-state index contributed by atoms with van der Waals surface area (Å²) < 4.78 is 6.28. The van der Waals surface area contributed by atoms with Crippen molar-refractivity contribution in [2.75, 3.05) is 7.11 Å². The van der Waals surface area contributed by atoms with Gasteiger partial charge in [0.15, 0.2) is 0 Å². The maximum Gasteiger partial charge on any atom is 0.119 e. The maximum atomic E-state index is 6.03. The van der Waals surface area contributed by atoms with Crippen LogP contribution in [0.1, 0.15) is 17.2 Å². The number of hydrazine groups is 1. The lowest BCUT2D eigenvalue weighted by molar-refractivity contribution is 0.413. The SMILES string of the molecule is COc1ccc(Br)c(CC(NN)c2cccc(Cl)c2)c1. The third-order valence-electron chi connectivity index (χ3n) is 3.13. The zero-order valence-corrected chi connectivity index (χ0v) is 13.4. The molecular formula is C15H16BrClN2O. The molecule has 2 rings (SSSR count). The normalized spacial score (nSPS) is 12.2. The van der Waals surface area contributed by atoms with Crippen LogP contribution >= 0.6 is 27.5 Å². The van der Waals surface area contributed by atoms with E-state index in [1.54, 1.807) is 7.11 Å². The van der Waals surface area contributed by atoms with E-state index in [2.05, 4.69) is 21.4 Å². The van der Waals surface area contributed by atoms with E-state index in [1.807, 2.05) is 42.5 Å². The molecule has 0 spiro atoms. The Morgan fingerprint density at radius 1 is 1.30 bits per heavy atom. The van der Waals surface area contributed by atoms with Crippen LogP contribution in [-0.2, 0) is 6.42 Å². The van der Waals surface area contributed by atoms with Gasteiger partial charge in [0.25, 0.3) is 0 Å². The Morgan fingerprint density at radius 2 is 2.10 bits per heavy atom. The molecule has 106 valence electrons. The van der Waals surface area contributed by atoms with Crippen molar-refractivity contribution in [1.29, 1.82) is 0 Å². The Hall–Kier alpha value is -1.07. The zero-order chi connectivity index (χ0) is 14.5. The molecule has 0 aromatic heterocycles. The lowest BCUT2D eigenvalue weighted by Gasteiger charge is -2.18. The minimum Gasteiger partial charge on any atom is -0.497 e. The fraction of sp³-hybridized carbons (Fsp3) is 0.200. The van der Waals surface area contributed by atoms with Gasteiger partial charge in [-0.05, 0) is 47.9 Å². The Bertz CT molecular complexity index is 592. The summed E-state index contributed by atoms with van der Waals surface area (Å²) in [6.45, 7) is 0. The molecule has 0 heterocycles. The lowest BCUT2D eigenvalue weighted by atomic mass is 9.99. The van der Waals surface area contributed by atoms with Crippen LogP contribution in [0.4, 0.5) is 0 Å². The number of nitrogens with one attached hydrogen (secondary N) is 1. The van der Waals surface area contributed by atoms with E-state index >= 15 is 0 Å². The highest BCUT2D eigenvalue weighted by molar-refractivity contribution is 9.10. The van der Waals surface area contributed by atoms with E-state index in [0.29, 0.717) is 5.02 Å². The summed E-state index contributed by atoms with van der Waals surface area (Å²) in [5.41, 5.74) is 5.01. The van der Waals surface area contributed by atoms with Crippen LogP contribution in [0.2, 0.25) is 5.02 Å². The average Bonchev–Trinajstić information content (AvgIpc) is 2.46. The molecule has 2 aromatic rings. The topological polar surface area (TPSA) is 47.3 Å². The Morgan fingerprint density at radius 3 is 2.75 bits per heavy atom. The summed E-state index contributed by atoms with van der Waals surface area (Å²) in [6.07, 6.45) is 0.731. The van der Waals surface area contributed by atoms with Gasteiger partial charge in [-0.2, -0.15) is 0 Å². The van der Waals surface area contributed by atoms with Crippen LogP contribution in [0.5, 0.6) is 5.75 Å². The van der Waals surface area contributed by atoms with Crippen molar-refractivity contribution in [3.8, 4) is 5.75 Å². The molecule has 0 saturated heterocycles. The highest BCUT2D eigenvalue weighted by Gasteiger charge is 2.13. The second-order valence-corrected chi connectivity index (χ2v) is 5.73. The van der Waals surface area contributed by atoms with E-state index in [0.717, 1.165) is 27.8 Å². The molecule has 20 heavy (non-hydrogen) atoms. The van der Waals surface area contributed by atoms with Crippen LogP contribution in [0.15, 0.2) is 46.9 Å². The van der Waals surface area contributed by atoms with Gasteiger partial charge < -0.3 is 4.74 Å². The Kier molecular flexibility index (Phi) is 5.43. The van der Waals surface area contributed by atoms with Gasteiger partial charge in [0.2, 0.25) is 0 Å².